The summed E-state index contributed by atoms with van der Waals surface area (Å²) in [7, 11) is 0. The Morgan fingerprint density at radius 2 is 2.00 bits per heavy atom. The maximum Gasteiger partial charge on any atom is 0.371 e. The van der Waals surface area contributed by atoms with E-state index in [1.54, 1.807) is 30.3 Å². The zero-order chi connectivity index (χ0) is 16.1. The molecule has 1 aromatic rings. The molecule has 1 aliphatic rings. The molecule has 4 atom stereocenters. The van der Waals surface area contributed by atoms with E-state index in [4.69, 9.17) is 14.6 Å². The first-order valence-electron chi connectivity index (χ1n) is 6.80. The standard InChI is InChI=1S/C15H18O7/c16-8-12-14(18)10(17)7-13(22-12)21-11(15(19)20)6-9-4-2-1-3-5-9/h1-6,10,12-14,16-18H,7-8H2,(H,19,20)/b11-6-/t10?,12?,13?,14-/m0/s1. The largest absolute Gasteiger partial charge is 0.475 e. The zero-order valence-corrected chi connectivity index (χ0v) is 11.7. The van der Waals surface area contributed by atoms with Crippen molar-refractivity contribution in [3.05, 3.63) is 41.7 Å². The number of aliphatic carboxylic acids is 1. The van der Waals surface area contributed by atoms with Gasteiger partial charge < -0.3 is 29.9 Å². The molecule has 1 aliphatic heterocycles. The fourth-order valence-electron chi connectivity index (χ4n) is 2.13. The summed E-state index contributed by atoms with van der Waals surface area (Å²) in [5.41, 5.74) is 0.634. The van der Waals surface area contributed by atoms with Crippen LogP contribution < -0.4 is 0 Å². The molecule has 0 saturated carbocycles. The van der Waals surface area contributed by atoms with Crippen LogP contribution in [0.5, 0.6) is 0 Å². The molecule has 1 fully saturated rings. The fourth-order valence-corrected chi connectivity index (χ4v) is 2.13. The molecule has 3 unspecified atom stereocenters. The Kier molecular flexibility index (Phi) is 5.51. The predicted octanol–water partition coefficient (Wildman–Crippen LogP) is -0.0422. The third kappa shape index (κ3) is 4.05. The van der Waals surface area contributed by atoms with Crippen LogP contribution in [0.15, 0.2) is 36.1 Å². The van der Waals surface area contributed by atoms with Gasteiger partial charge in [-0.15, -0.1) is 0 Å². The van der Waals surface area contributed by atoms with Crippen molar-refractivity contribution < 1.29 is 34.7 Å². The SMILES string of the molecule is O=C(O)/C(=C/c1ccccc1)OC1CC(O)[C@H](O)C(CO)O1. The number of aliphatic hydroxyl groups excluding tert-OH is 3. The number of carboxylic acids is 1. The van der Waals surface area contributed by atoms with Crippen LogP contribution in [0.2, 0.25) is 0 Å². The highest BCUT2D eigenvalue weighted by atomic mass is 16.7. The van der Waals surface area contributed by atoms with Gasteiger partial charge in [0.25, 0.3) is 0 Å². The highest BCUT2D eigenvalue weighted by molar-refractivity contribution is 5.89. The van der Waals surface area contributed by atoms with Gasteiger partial charge in [0.2, 0.25) is 12.0 Å². The lowest BCUT2D eigenvalue weighted by molar-refractivity contribution is -0.246. The molecule has 120 valence electrons. The van der Waals surface area contributed by atoms with Crippen LogP contribution in [0.4, 0.5) is 0 Å². The summed E-state index contributed by atoms with van der Waals surface area (Å²) in [4.78, 5) is 11.3. The first kappa shape index (κ1) is 16.4. The number of carboxylic acid groups (broad SMARTS) is 1. The topological polar surface area (TPSA) is 116 Å². The van der Waals surface area contributed by atoms with Gasteiger partial charge in [0, 0.05) is 6.42 Å². The molecule has 22 heavy (non-hydrogen) atoms. The molecule has 7 nitrogen and oxygen atoms in total. The third-order valence-corrected chi connectivity index (χ3v) is 3.28. The van der Waals surface area contributed by atoms with Crippen molar-refractivity contribution in [1.29, 1.82) is 0 Å². The van der Waals surface area contributed by atoms with E-state index in [0.717, 1.165) is 0 Å². The van der Waals surface area contributed by atoms with Crippen molar-refractivity contribution in [3.8, 4) is 0 Å². The van der Waals surface area contributed by atoms with Crippen LogP contribution in [-0.4, -0.2) is 57.6 Å². The molecule has 0 bridgehead atoms. The van der Waals surface area contributed by atoms with Crippen molar-refractivity contribution in [2.24, 2.45) is 0 Å². The maximum atomic E-state index is 11.3. The van der Waals surface area contributed by atoms with Crippen molar-refractivity contribution >= 4 is 12.0 Å². The van der Waals surface area contributed by atoms with E-state index in [1.165, 1.54) is 6.08 Å². The Morgan fingerprint density at radius 1 is 1.32 bits per heavy atom. The third-order valence-electron chi connectivity index (χ3n) is 3.28. The molecule has 1 heterocycles. The summed E-state index contributed by atoms with van der Waals surface area (Å²) in [5, 5.41) is 37.6. The first-order chi connectivity index (χ1) is 10.5. The minimum Gasteiger partial charge on any atom is -0.475 e. The average Bonchev–Trinajstić information content (AvgIpc) is 2.51. The molecule has 4 N–H and O–H groups in total. The number of hydrogen-bond donors (Lipinski definition) is 4. The van der Waals surface area contributed by atoms with Crippen molar-refractivity contribution in [3.63, 3.8) is 0 Å². The number of ether oxygens (including phenoxy) is 2. The Bertz CT molecular complexity index is 528. The maximum absolute atomic E-state index is 11.3. The second-order valence-electron chi connectivity index (χ2n) is 4.92. The molecule has 0 aliphatic carbocycles. The summed E-state index contributed by atoms with van der Waals surface area (Å²) < 4.78 is 10.5. The lowest BCUT2D eigenvalue weighted by Gasteiger charge is -2.36. The Labute approximate surface area is 127 Å². The smallest absolute Gasteiger partial charge is 0.371 e. The van der Waals surface area contributed by atoms with E-state index in [1.807, 2.05) is 0 Å². The van der Waals surface area contributed by atoms with Gasteiger partial charge in [0.05, 0.1) is 12.7 Å². The molecule has 0 radical (unpaired) electrons. The van der Waals surface area contributed by atoms with Gasteiger partial charge in [-0.2, -0.15) is 0 Å². The highest BCUT2D eigenvalue weighted by Gasteiger charge is 2.38. The van der Waals surface area contributed by atoms with Crippen LogP contribution in [0.1, 0.15) is 12.0 Å². The average molecular weight is 310 g/mol. The lowest BCUT2D eigenvalue weighted by atomic mass is 10.0. The van der Waals surface area contributed by atoms with E-state index in [-0.39, 0.29) is 12.2 Å². The minimum atomic E-state index is -1.28. The monoisotopic (exact) mass is 310 g/mol. The van der Waals surface area contributed by atoms with Gasteiger partial charge in [-0.05, 0) is 11.6 Å². The molecular weight excluding hydrogens is 292 g/mol. The molecule has 0 amide bonds. The number of rotatable bonds is 5. The zero-order valence-electron chi connectivity index (χ0n) is 11.7. The second-order valence-corrected chi connectivity index (χ2v) is 4.92. The van der Waals surface area contributed by atoms with Gasteiger partial charge in [0.15, 0.2) is 0 Å². The Morgan fingerprint density at radius 3 is 2.59 bits per heavy atom. The molecule has 2 rings (SSSR count). The number of carbonyl (C=O) groups is 1. The summed E-state index contributed by atoms with van der Waals surface area (Å²) in [6.45, 7) is -0.511. The minimum absolute atomic E-state index is 0.100. The van der Waals surface area contributed by atoms with Crippen LogP contribution in [0.3, 0.4) is 0 Å². The van der Waals surface area contributed by atoms with E-state index in [0.29, 0.717) is 5.56 Å². The fraction of sp³-hybridized carbons (Fsp3) is 0.400. The summed E-state index contributed by atoms with van der Waals surface area (Å²) in [5.74, 6) is -1.63. The van der Waals surface area contributed by atoms with Gasteiger partial charge >= 0.3 is 5.97 Å². The number of hydrogen-bond acceptors (Lipinski definition) is 6. The van der Waals surface area contributed by atoms with Crippen molar-refractivity contribution in [2.45, 2.75) is 31.0 Å². The van der Waals surface area contributed by atoms with Crippen molar-refractivity contribution in [2.75, 3.05) is 6.61 Å². The quantitative estimate of drug-likeness (QED) is 0.445. The first-order valence-corrected chi connectivity index (χ1v) is 6.80. The lowest BCUT2D eigenvalue weighted by Crippen LogP contribution is -2.50. The predicted molar refractivity (Wildman–Crippen MR) is 75.5 cm³/mol. The highest BCUT2D eigenvalue weighted by Crippen LogP contribution is 2.23. The Hall–Kier alpha value is -1.93. The van der Waals surface area contributed by atoms with E-state index in [2.05, 4.69) is 0 Å². The molecule has 0 spiro atoms. The molecule has 7 heteroatoms. The van der Waals surface area contributed by atoms with Crippen LogP contribution >= 0.6 is 0 Å². The summed E-state index contributed by atoms with van der Waals surface area (Å²) in [6, 6.07) is 8.73. The van der Waals surface area contributed by atoms with Crippen LogP contribution in [0, 0.1) is 0 Å². The summed E-state index contributed by atoms with van der Waals surface area (Å²) >= 11 is 0. The van der Waals surface area contributed by atoms with E-state index < -0.39 is 37.2 Å². The van der Waals surface area contributed by atoms with E-state index in [9.17, 15) is 20.1 Å². The number of aliphatic hydroxyl groups is 3. The van der Waals surface area contributed by atoms with Crippen LogP contribution in [-0.2, 0) is 14.3 Å². The Balaban J connectivity index is 2.12. The van der Waals surface area contributed by atoms with Gasteiger partial charge in [-0.1, -0.05) is 30.3 Å². The molecule has 1 saturated heterocycles. The molecule has 0 aromatic heterocycles. The second kappa shape index (κ2) is 7.37. The van der Waals surface area contributed by atoms with Gasteiger partial charge in [-0.3, -0.25) is 0 Å². The summed E-state index contributed by atoms with van der Waals surface area (Å²) in [6.07, 6.45) is -3.27. The normalized spacial score (nSPS) is 29.1. The van der Waals surface area contributed by atoms with Crippen LogP contribution in [0.25, 0.3) is 6.08 Å². The number of benzene rings is 1. The molecule has 1 aromatic carbocycles. The molecular formula is C15H18O7. The van der Waals surface area contributed by atoms with Crippen molar-refractivity contribution in [1.82, 2.24) is 0 Å². The van der Waals surface area contributed by atoms with Gasteiger partial charge in [-0.25, -0.2) is 4.79 Å². The van der Waals surface area contributed by atoms with Gasteiger partial charge in [0.1, 0.15) is 12.2 Å². The van der Waals surface area contributed by atoms with E-state index >= 15 is 0 Å².